The number of nitrogens with one attached hydrogen (secondary N) is 2. The van der Waals surface area contributed by atoms with Crippen molar-refractivity contribution in [1.82, 2.24) is 4.90 Å². The largest absolute Gasteiger partial charge is 0.481 e. The highest BCUT2D eigenvalue weighted by Crippen LogP contribution is 2.60. The highest BCUT2D eigenvalue weighted by Gasteiger charge is 2.57. The Balaban J connectivity index is 1.19. The van der Waals surface area contributed by atoms with Crippen LogP contribution in [-0.2, 0) is 47.6 Å². The second-order valence-electron chi connectivity index (χ2n) is 17.7. The fourth-order valence-electron chi connectivity index (χ4n) is 11.4. The van der Waals surface area contributed by atoms with Crippen LogP contribution in [0.4, 0.5) is 11.4 Å². The number of anilines is 2. The maximum atomic E-state index is 14.7. The molecule has 3 amide bonds. The number of carbonyl (C=O) groups is 5. The number of hydrogen-bond donors (Lipinski definition) is 5. The van der Waals surface area contributed by atoms with Crippen molar-refractivity contribution < 1.29 is 29.1 Å². The number of aliphatic carboxylic acids is 1. The van der Waals surface area contributed by atoms with Gasteiger partial charge in [-0.15, -0.1) is 0 Å². The fraction of sp³-hybridized carbons (Fsp3) is 0.605. The van der Waals surface area contributed by atoms with Gasteiger partial charge in [0.15, 0.2) is 5.78 Å². The summed E-state index contributed by atoms with van der Waals surface area (Å²) in [6, 6.07) is 11.1. The maximum Gasteiger partial charge on any atom is 0.303 e. The zero-order chi connectivity index (χ0) is 39.2. The minimum Gasteiger partial charge on any atom is -0.481 e. The lowest BCUT2D eigenvalue weighted by Crippen LogP contribution is -2.58. The van der Waals surface area contributed by atoms with E-state index >= 15 is 0 Å². The van der Waals surface area contributed by atoms with Crippen LogP contribution in [0.25, 0.3) is 0 Å². The van der Waals surface area contributed by atoms with Crippen LogP contribution in [0.2, 0.25) is 0 Å². The first-order valence-corrected chi connectivity index (χ1v) is 19.8. The molecule has 2 aromatic rings. The number of carbonyl (C=O) groups excluding carboxylic acids is 4. The Kier molecular flexibility index (Phi) is 10.9. The second-order valence-corrected chi connectivity index (χ2v) is 17.7. The molecule has 2 saturated carbocycles. The number of aryl methyl sites for hydroxylation is 2. The third kappa shape index (κ3) is 6.98. The topological polar surface area (TPSA) is 185 Å². The van der Waals surface area contributed by atoms with Crippen molar-refractivity contribution in [3.05, 3.63) is 58.7 Å². The van der Waals surface area contributed by atoms with Crippen molar-refractivity contribution in [1.29, 1.82) is 0 Å². The lowest BCUT2D eigenvalue weighted by Gasteiger charge is -2.56. The van der Waals surface area contributed by atoms with Crippen molar-refractivity contribution >= 4 is 40.8 Å². The van der Waals surface area contributed by atoms with Crippen LogP contribution in [0.5, 0.6) is 0 Å². The van der Waals surface area contributed by atoms with E-state index in [-0.39, 0.29) is 66.2 Å². The van der Waals surface area contributed by atoms with Crippen LogP contribution in [0.1, 0.15) is 114 Å². The van der Waals surface area contributed by atoms with Crippen molar-refractivity contribution in [3.63, 3.8) is 0 Å². The number of carboxylic acid groups (broad SMARTS) is 1. The Morgan fingerprint density at radius 3 is 1.87 bits per heavy atom. The number of rotatable bonds is 11. The van der Waals surface area contributed by atoms with Crippen molar-refractivity contribution in [2.45, 2.75) is 122 Å². The Bertz CT molecular complexity index is 1850. The van der Waals surface area contributed by atoms with Crippen LogP contribution < -0.4 is 22.1 Å². The molecule has 0 spiro atoms. The molecule has 2 fully saturated rings. The molecule has 4 aliphatic rings. The van der Waals surface area contributed by atoms with E-state index in [1.807, 2.05) is 18.2 Å². The first kappa shape index (κ1) is 39.6. The predicted octanol–water partition coefficient (Wildman–Crippen LogP) is 5.46. The van der Waals surface area contributed by atoms with E-state index in [2.05, 4.69) is 56.5 Å². The molecular formula is C43H59N5O6. The van der Waals surface area contributed by atoms with Gasteiger partial charge in [-0.05, 0) is 127 Å². The SMILES string of the molecule is CN(CC(=O)[C@@]1(C)CCCC2(C)c3cc(NC(=O)C(N)CCC(=O)O)ccc3CCC21)C(=O)[C@@]1(C)CCCC2(C)c3cc(NC(=O)CN)ccc3CCC21. The van der Waals surface area contributed by atoms with Crippen molar-refractivity contribution in [2.24, 2.45) is 34.1 Å². The average molecular weight is 742 g/mol. The minimum atomic E-state index is -0.996. The summed E-state index contributed by atoms with van der Waals surface area (Å²) in [5.74, 6) is -1.38. The standard InChI is InChI=1S/C43H59N5O6/c1-40-18-6-20-42(3,33(40)15-10-27-9-13-29(23-31(27)40)47-38(53)32(45)14-17-37(51)52)35(49)25-48(5)39(54)43(4)21-7-19-41(2)30-22-28(46-36(50)24-44)12-8-26(30)11-16-34(41)43/h8-9,12-13,22-23,32-34H,6-7,10-11,14-21,24-25,44-45H2,1-5H3,(H,46,50)(H,47,53)(H,51,52)/t32?,33?,34?,40?,41?,42-,43-/m0/s1. The number of nitrogens with two attached hydrogens (primary N) is 2. The number of fused-ring (bicyclic) bond motifs is 6. The summed E-state index contributed by atoms with van der Waals surface area (Å²) in [4.78, 5) is 67.0. The van der Waals surface area contributed by atoms with E-state index in [1.54, 1.807) is 11.9 Å². The minimum absolute atomic E-state index is 0.0286. The molecule has 7 atom stereocenters. The summed E-state index contributed by atoms with van der Waals surface area (Å²) in [5, 5.41) is 14.8. The molecule has 2 aromatic carbocycles. The average Bonchev–Trinajstić information content (AvgIpc) is 3.13. The molecule has 11 heteroatoms. The Morgan fingerprint density at radius 2 is 1.33 bits per heavy atom. The van der Waals surface area contributed by atoms with E-state index in [0.717, 1.165) is 75.5 Å². The van der Waals surface area contributed by atoms with Gasteiger partial charge >= 0.3 is 5.97 Å². The van der Waals surface area contributed by atoms with Crippen LogP contribution in [0, 0.1) is 22.7 Å². The quantitative estimate of drug-likeness (QED) is 0.201. The molecule has 11 nitrogen and oxygen atoms in total. The third-order valence-electron chi connectivity index (χ3n) is 14.3. The van der Waals surface area contributed by atoms with Crippen LogP contribution >= 0.6 is 0 Å². The number of hydrogen-bond acceptors (Lipinski definition) is 7. The molecule has 4 aliphatic carbocycles. The van der Waals surface area contributed by atoms with Gasteiger partial charge in [-0.1, -0.05) is 52.7 Å². The predicted molar refractivity (Wildman–Crippen MR) is 209 cm³/mol. The lowest BCUT2D eigenvalue weighted by atomic mass is 9.48. The maximum absolute atomic E-state index is 14.7. The van der Waals surface area contributed by atoms with E-state index in [9.17, 15) is 24.0 Å². The number of nitrogens with zero attached hydrogens (tertiary/aromatic N) is 1. The number of benzene rings is 2. The highest BCUT2D eigenvalue weighted by atomic mass is 16.4. The first-order chi connectivity index (χ1) is 25.5. The van der Waals surface area contributed by atoms with Gasteiger partial charge in [-0.25, -0.2) is 0 Å². The molecule has 0 radical (unpaired) electrons. The fourth-order valence-corrected chi connectivity index (χ4v) is 11.4. The van der Waals surface area contributed by atoms with Crippen LogP contribution in [0.3, 0.4) is 0 Å². The summed E-state index contributed by atoms with van der Waals surface area (Å²) in [6.07, 6.45) is 8.44. The van der Waals surface area contributed by atoms with Crippen molar-refractivity contribution in [3.8, 4) is 0 Å². The summed E-state index contributed by atoms with van der Waals surface area (Å²) >= 11 is 0. The van der Waals surface area contributed by atoms with E-state index < -0.39 is 28.7 Å². The van der Waals surface area contributed by atoms with Crippen molar-refractivity contribution in [2.75, 3.05) is 30.8 Å². The summed E-state index contributed by atoms with van der Waals surface area (Å²) in [7, 11) is 1.80. The van der Waals surface area contributed by atoms with Crippen LogP contribution in [-0.4, -0.2) is 65.7 Å². The molecule has 292 valence electrons. The molecule has 0 bridgehead atoms. The zero-order valence-corrected chi connectivity index (χ0v) is 32.7. The summed E-state index contributed by atoms with van der Waals surface area (Å²) < 4.78 is 0. The number of ketones is 1. The van der Waals surface area contributed by atoms with Gasteiger partial charge in [0.1, 0.15) is 0 Å². The van der Waals surface area contributed by atoms with Gasteiger partial charge in [0.2, 0.25) is 17.7 Å². The summed E-state index contributed by atoms with van der Waals surface area (Å²) in [6.45, 7) is 8.70. The molecular weight excluding hydrogens is 683 g/mol. The third-order valence-corrected chi connectivity index (χ3v) is 14.3. The molecule has 6 rings (SSSR count). The molecule has 5 unspecified atom stereocenters. The number of amides is 3. The number of likely N-dealkylation sites (N-methyl/N-ethyl adjacent to an activating group) is 1. The van der Waals surface area contributed by atoms with Gasteiger partial charge in [0.05, 0.1) is 24.5 Å². The molecule has 0 saturated heterocycles. The lowest BCUT2D eigenvalue weighted by molar-refractivity contribution is -0.153. The Labute approximate surface area is 319 Å². The van der Waals surface area contributed by atoms with Gasteiger partial charge in [-0.3, -0.25) is 24.0 Å². The van der Waals surface area contributed by atoms with E-state index in [1.165, 1.54) is 16.7 Å². The first-order valence-electron chi connectivity index (χ1n) is 19.8. The molecule has 0 aliphatic heterocycles. The van der Waals surface area contributed by atoms with E-state index in [0.29, 0.717) is 5.69 Å². The van der Waals surface area contributed by atoms with Gasteiger partial charge in [0.25, 0.3) is 0 Å². The molecule has 7 N–H and O–H groups in total. The zero-order valence-electron chi connectivity index (χ0n) is 32.7. The molecule has 0 aromatic heterocycles. The molecule has 54 heavy (non-hydrogen) atoms. The van der Waals surface area contributed by atoms with Crippen LogP contribution in [0.15, 0.2) is 36.4 Å². The Hall–Kier alpha value is -4.09. The van der Waals surface area contributed by atoms with Gasteiger partial charge in [-0.2, -0.15) is 0 Å². The Morgan fingerprint density at radius 1 is 0.815 bits per heavy atom. The summed E-state index contributed by atoms with van der Waals surface area (Å²) in [5.41, 5.74) is 15.9. The number of carboxylic acids is 1. The van der Waals surface area contributed by atoms with E-state index in [4.69, 9.17) is 16.6 Å². The second kappa shape index (κ2) is 14.9. The smallest absolute Gasteiger partial charge is 0.303 e. The van der Waals surface area contributed by atoms with Gasteiger partial charge < -0.3 is 32.1 Å². The highest BCUT2D eigenvalue weighted by molar-refractivity contribution is 5.95. The normalized spacial score (nSPS) is 30.4. The molecule has 0 heterocycles. The monoisotopic (exact) mass is 741 g/mol. The number of Topliss-reactive ketones (excluding diaryl/α,β-unsaturated/α-hetero) is 1. The van der Waals surface area contributed by atoms with Gasteiger partial charge in [0, 0.05) is 30.3 Å².